The molecule has 0 saturated carbocycles. The topological polar surface area (TPSA) is 24.8 Å². The molecule has 1 heterocycles. The van der Waals surface area contributed by atoms with Gasteiger partial charge in [0, 0.05) is 18.7 Å². The summed E-state index contributed by atoms with van der Waals surface area (Å²) in [5.41, 5.74) is 0.997. The van der Waals surface area contributed by atoms with Crippen molar-refractivity contribution in [2.75, 3.05) is 26.2 Å². The van der Waals surface area contributed by atoms with Crippen LogP contribution >= 0.6 is 23.2 Å². The molecule has 1 N–H and O–H groups in total. The molecule has 1 aliphatic rings. The molecule has 1 saturated heterocycles. The van der Waals surface area contributed by atoms with Gasteiger partial charge in [-0.2, -0.15) is 0 Å². The van der Waals surface area contributed by atoms with Gasteiger partial charge in [-0.25, -0.2) is 0 Å². The Balaban J connectivity index is 2.03. The number of carbonyl (C=O) groups excluding carboxylic acids is 1. The first-order valence-electron chi connectivity index (χ1n) is 8.12. The highest BCUT2D eigenvalue weighted by Crippen LogP contribution is 2.23. The number of rotatable bonds is 5. The van der Waals surface area contributed by atoms with E-state index in [9.17, 15) is 4.79 Å². The smallest absolute Gasteiger partial charge is 0.231 e. The van der Waals surface area contributed by atoms with E-state index in [0.29, 0.717) is 5.91 Å². The predicted molar refractivity (Wildman–Crippen MR) is 91.5 cm³/mol. The van der Waals surface area contributed by atoms with Crippen LogP contribution < -0.4 is 4.90 Å². The summed E-state index contributed by atoms with van der Waals surface area (Å²) >= 11 is 12.5. The molecule has 1 aromatic rings. The Labute approximate surface area is 143 Å². The van der Waals surface area contributed by atoms with Gasteiger partial charge in [0.05, 0.1) is 29.1 Å². The summed E-state index contributed by atoms with van der Waals surface area (Å²) < 4.78 is 0. The lowest BCUT2D eigenvalue weighted by atomic mass is 9.96. The van der Waals surface area contributed by atoms with Crippen molar-refractivity contribution in [1.29, 1.82) is 0 Å². The SMILES string of the molecule is CCN(CC)C(=O)[C@H]1CCC[NH+](Cc2c(Cl)cccc2Cl)C1. The number of likely N-dealkylation sites (tertiary alicyclic amines) is 1. The first-order chi connectivity index (χ1) is 10.6. The molecule has 1 unspecified atom stereocenters. The minimum absolute atomic E-state index is 0.130. The minimum atomic E-state index is 0.130. The summed E-state index contributed by atoms with van der Waals surface area (Å²) in [5, 5.41) is 1.44. The summed E-state index contributed by atoms with van der Waals surface area (Å²) in [6.07, 6.45) is 2.07. The zero-order chi connectivity index (χ0) is 16.1. The molecule has 0 aliphatic carbocycles. The third-order valence-electron chi connectivity index (χ3n) is 4.53. The first-order valence-corrected chi connectivity index (χ1v) is 8.87. The maximum atomic E-state index is 12.6. The highest BCUT2D eigenvalue weighted by atomic mass is 35.5. The maximum absolute atomic E-state index is 12.6. The standard InChI is InChI=1S/C17H24Cl2N2O/c1-3-21(4-2)17(22)13-7-6-10-20(11-13)12-14-15(18)8-5-9-16(14)19/h5,8-9,13H,3-4,6-7,10-12H2,1-2H3/p+1/t13-/m0/s1. The van der Waals surface area contributed by atoms with E-state index in [1.807, 2.05) is 36.9 Å². The Hall–Kier alpha value is -0.770. The molecule has 0 bridgehead atoms. The van der Waals surface area contributed by atoms with Crippen LogP contribution in [-0.4, -0.2) is 37.0 Å². The second kappa shape index (κ2) is 8.19. The number of quaternary nitrogens is 1. The summed E-state index contributed by atoms with van der Waals surface area (Å²) in [6.45, 7) is 8.40. The second-order valence-corrected chi connectivity index (χ2v) is 6.75. The Morgan fingerprint density at radius 1 is 1.27 bits per heavy atom. The molecule has 122 valence electrons. The number of amides is 1. The molecule has 1 aliphatic heterocycles. The Morgan fingerprint density at radius 2 is 1.91 bits per heavy atom. The molecule has 3 nitrogen and oxygen atoms in total. The fourth-order valence-corrected chi connectivity index (χ4v) is 3.80. The van der Waals surface area contributed by atoms with Gasteiger partial charge >= 0.3 is 0 Å². The molecule has 1 amide bonds. The summed E-state index contributed by atoms with van der Waals surface area (Å²) in [6, 6.07) is 5.63. The van der Waals surface area contributed by atoms with E-state index < -0.39 is 0 Å². The molecule has 1 aromatic carbocycles. The fourth-order valence-electron chi connectivity index (χ4n) is 3.27. The number of hydrogen-bond acceptors (Lipinski definition) is 1. The van der Waals surface area contributed by atoms with Crippen LogP contribution in [0.1, 0.15) is 32.3 Å². The highest BCUT2D eigenvalue weighted by molar-refractivity contribution is 6.35. The van der Waals surface area contributed by atoms with E-state index >= 15 is 0 Å². The number of carbonyl (C=O) groups is 1. The van der Waals surface area contributed by atoms with Crippen LogP contribution in [0.2, 0.25) is 10.0 Å². The van der Waals surface area contributed by atoms with Crippen molar-refractivity contribution < 1.29 is 9.69 Å². The van der Waals surface area contributed by atoms with Crippen molar-refractivity contribution in [2.24, 2.45) is 5.92 Å². The highest BCUT2D eigenvalue weighted by Gasteiger charge is 2.31. The van der Waals surface area contributed by atoms with E-state index in [1.165, 1.54) is 4.90 Å². The van der Waals surface area contributed by atoms with Crippen molar-refractivity contribution in [2.45, 2.75) is 33.2 Å². The van der Waals surface area contributed by atoms with Gasteiger partial charge in [-0.05, 0) is 38.8 Å². The van der Waals surface area contributed by atoms with Crippen LogP contribution in [0.15, 0.2) is 18.2 Å². The van der Waals surface area contributed by atoms with Gasteiger partial charge in [-0.1, -0.05) is 29.3 Å². The molecule has 22 heavy (non-hydrogen) atoms. The summed E-state index contributed by atoms with van der Waals surface area (Å²) in [5.74, 6) is 0.428. The monoisotopic (exact) mass is 343 g/mol. The van der Waals surface area contributed by atoms with Crippen molar-refractivity contribution in [3.63, 3.8) is 0 Å². The molecule has 0 spiro atoms. The molecular weight excluding hydrogens is 319 g/mol. The van der Waals surface area contributed by atoms with E-state index in [2.05, 4.69) is 0 Å². The van der Waals surface area contributed by atoms with Crippen LogP contribution in [0.4, 0.5) is 0 Å². The minimum Gasteiger partial charge on any atom is -0.343 e. The largest absolute Gasteiger partial charge is 0.343 e. The Bertz CT molecular complexity index is 497. The Morgan fingerprint density at radius 3 is 2.50 bits per heavy atom. The zero-order valence-electron chi connectivity index (χ0n) is 13.4. The lowest BCUT2D eigenvalue weighted by Crippen LogP contribution is -3.12. The number of nitrogens with one attached hydrogen (secondary N) is 1. The third-order valence-corrected chi connectivity index (χ3v) is 5.24. The Kier molecular flexibility index (Phi) is 6.54. The van der Waals surface area contributed by atoms with E-state index in [1.54, 1.807) is 0 Å². The van der Waals surface area contributed by atoms with Crippen molar-refractivity contribution in [3.8, 4) is 0 Å². The van der Waals surface area contributed by atoms with Crippen LogP contribution in [0.25, 0.3) is 0 Å². The third kappa shape index (κ3) is 4.15. The van der Waals surface area contributed by atoms with Gasteiger partial charge in [-0.15, -0.1) is 0 Å². The van der Waals surface area contributed by atoms with Gasteiger partial charge in [-0.3, -0.25) is 4.79 Å². The fraction of sp³-hybridized carbons (Fsp3) is 0.588. The van der Waals surface area contributed by atoms with Crippen molar-refractivity contribution in [3.05, 3.63) is 33.8 Å². The molecule has 0 radical (unpaired) electrons. The quantitative estimate of drug-likeness (QED) is 0.873. The van der Waals surface area contributed by atoms with Crippen LogP contribution in [-0.2, 0) is 11.3 Å². The number of piperidine rings is 1. The molecule has 1 fully saturated rings. The van der Waals surface area contributed by atoms with E-state index in [-0.39, 0.29) is 5.92 Å². The number of benzene rings is 1. The molecule has 2 atom stereocenters. The van der Waals surface area contributed by atoms with E-state index in [0.717, 1.165) is 61.2 Å². The zero-order valence-corrected chi connectivity index (χ0v) is 14.9. The lowest BCUT2D eigenvalue weighted by Gasteiger charge is -2.32. The van der Waals surface area contributed by atoms with Gasteiger partial charge in [0.1, 0.15) is 6.54 Å². The van der Waals surface area contributed by atoms with Gasteiger partial charge in [0.25, 0.3) is 0 Å². The van der Waals surface area contributed by atoms with Crippen molar-refractivity contribution in [1.82, 2.24) is 4.90 Å². The molecule has 5 heteroatoms. The summed E-state index contributed by atoms with van der Waals surface area (Å²) in [4.78, 5) is 15.9. The average molecular weight is 344 g/mol. The summed E-state index contributed by atoms with van der Waals surface area (Å²) in [7, 11) is 0. The first kappa shape index (κ1) is 17.6. The molecular formula is C17H25Cl2N2O+. The van der Waals surface area contributed by atoms with Crippen LogP contribution in [0.3, 0.4) is 0 Å². The number of hydrogen-bond donors (Lipinski definition) is 1. The van der Waals surface area contributed by atoms with Crippen molar-refractivity contribution >= 4 is 29.1 Å². The van der Waals surface area contributed by atoms with Gasteiger partial charge < -0.3 is 9.80 Å². The van der Waals surface area contributed by atoms with E-state index in [4.69, 9.17) is 23.2 Å². The lowest BCUT2D eigenvalue weighted by molar-refractivity contribution is -0.921. The molecule has 2 rings (SSSR count). The van der Waals surface area contributed by atoms with Gasteiger partial charge in [0.15, 0.2) is 0 Å². The normalized spacial score (nSPS) is 21.6. The van der Waals surface area contributed by atoms with Crippen LogP contribution in [0, 0.1) is 5.92 Å². The average Bonchev–Trinajstić information content (AvgIpc) is 2.52. The molecule has 0 aromatic heterocycles. The number of nitrogens with zero attached hydrogens (tertiary/aromatic N) is 1. The predicted octanol–water partition coefficient (Wildman–Crippen LogP) is 2.66. The number of halogens is 2. The second-order valence-electron chi connectivity index (χ2n) is 5.93. The van der Waals surface area contributed by atoms with Crippen LogP contribution in [0.5, 0.6) is 0 Å². The maximum Gasteiger partial charge on any atom is 0.231 e. The van der Waals surface area contributed by atoms with Gasteiger partial charge in [0.2, 0.25) is 5.91 Å².